The Balaban J connectivity index is 2.26. The molecule has 0 aliphatic rings. The summed E-state index contributed by atoms with van der Waals surface area (Å²) in [6.07, 6.45) is -4.70. The minimum Gasteiger partial charge on any atom is -0.396 e. The van der Waals surface area contributed by atoms with Crippen LogP contribution in [-0.2, 0) is 6.18 Å². The second-order valence-electron chi connectivity index (χ2n) is 3.95. The van der Waals surface area contributed by atoms with Crippen molar-refractivity contribution in [3.05, 3.63) is 46.2 Å². The molecule has 0 amide bonds. The maximum absolute atomic E-state index is 12.3. The second-order valence-corrected chi connectivity index (χ2v) is 3.95. The van der Waals surface area contributed by atoms with Gasteiger partial charge in [-0.25, -0.2) is 0 Å². The number of alkyl halides is 3. The third-order valence-electron chi connectivity index (χ3n) is 2.59. The van der Waals surface area contributed by atoms with Gasteiger partial charge in [0.05, 0.1) is 12.6 Å². The Hall–Kier alpha value is -2.58. The predicted octanol–water partition coefficient (Wildman–Crippen LogP) is 3.10. The molecule has 0 saturated carbocycles. The van der Waals surface area contributed by atoms with Gasteiger partial charge in [-0.3, -0.25) is 0 Å². The topological polar surface area (TPSA) is 108 Å². The molecule has 0 bridgehead atoms. The highest BCUT2D eigenvalue weighted by Gasteiger charge is 2.38. The van der Waals surface area contributed by atoms with Crippen molar-refractivity contribution >= 4 is 0 Å². The maximum atomic E-state index is 12.3. The monoisotopic (exact) mass is 299 g/mol. The van der Waals surface area contributed by atoms with E-state index in [-0.39, 0.29) is 12.4 Å². The van der Waals surface area contributed by atoms with Gasteiger partial charge in [0.2, 0.25) is 5.82 Å². The largest absolute Gasteiger partial charge is 0.471 e. The van der Waals surface area contributed by atoms with Crippen molar-refractivity contribution in [3.8, 4) is 11.4 Å². The number of aromatic nitrogens is 2. The molecule has 0 saturated heterocycles. The van der Waals surface area contributed by atoms with Crippen LogP contribution in [0.4, 0.5) is 13.2 Å². The standard InChI is InChI=1S/C11H8F3N5O2/c12-11(13,14)10-16-9(18-21-10)7-3-1-6(2-4-7)8(5-20)17-19-15/h1-4,8,20H,5H2. The van der Waals surface area contributed by atoms with Crippen molar-refractivity contribution in [1.82, 2.24) is 10.1 Å². The molecule has 0 fully saturated rings. The lowest BCUT2D eigenvalue weighted by Gasteiger charge is -2.07. The molecule has 1 unspecified atom stereocenters. The molecule has 2 rings (SSSR count). The highest BCUT2D eigenvalue weighted by Crippen LogP contribution is 2.29. The van der Waals surface area contributed by atoms with E-state index in [0.717, 1.165) is 0 Å². The lowest BCUT2D eigenvalue weighted by Crippen LogP contribution is -2.04. The number of aliphatic hydroxyl groups excluding tert-OH is 1. The molecule has 1 atom stereocenters. The van der Waals surface area contributed by atoms with Gasteiger partial charge in [-0.05, 0) is 11.1 Å². The van der Waals surface area contributed by atoms with Crippen LogP contribution in [0.5, 0.6) is 0 Å². The minimum absolute atomic E-state index is 0.210. The van der Waals surface area contributed by atoms with E-state index < -0.39 is 18.1 Å². The molecule has 10 heteroatoms. The highest BCUT2D eigenvalue weighted by molar-refractivity contribution is 5.54. The van der Waals surface area contributed by atoms with Crippen molar-refractivity contribution in [1.29, 1.82) is 0 Å². The Morgan fingerprint density at radius 2 is 2.00 bits per heavy atom. The first-order chi connectivity index (χ1) is 9.95. The van der Waals surface area contributed by atoms with Crippen LogP contribution in [0, 0.1) is 0 Å². The zero-order chi connectivity index (χ0) is 15.5. The summed E-state index contributed by atoms with van der Waals surface area (Å²) in [7, 11) is 0. The fourth-order valence-electron chi connectivity index (χ4n) is 1.58. The Morgan fingerprint density at radius 1 is 1.33 bits per heavy atom. The van der Waals surface area contributed by atoms with Gasteiger partial charge in [-0.1, -0.05) is 34.5 Å². The predicted molar refractivity (Wildman–Crippen MR) is 63.7 cm³/mol. The van der Waals surface area contributed by atoms with Gasteiger partial charge in [0.15, 0.2) is 0 Å². The molecule has 0 aliphatic heterocycles. The SMILES string of the molecule is [N-]=[N+]=NC(CO)c1ccc(-c2noc(C(F)(F)F)n2)cc1. The van der Waals surface area contributed by atoms with E-state index >= 15 is 0 Å². The molecular formula is C11H8F3N5O2. The Bertz CT molecular complexity index is 661. The molecule has 110 valence electrons. The summed E-state index contributed by atoms with van der Waals surface area (Å²) in [5.41, 5.74) is 9.16. The Morgan fingerprint density at radius 3 is 2.48 bits per heavy atom. The van der Waals surface area contributed by atoms with Crippen LogP contribution in [0.3, 0.4) is 0 Å². The van der Waals surface area contributed by atoms with Crippen molar-refractivity contribution < 1.29 is 22.8 Å². The zero-order valence-electron chi connectivity index (χ0n) is 10.3. The lowest BCUT2D eigenvalue weighted by molar-refractivity contribution is -0.159. The van der Waals surface area contributed by atoms with Crippen LogP contribution in [0.25, 0.3) is 21.8 Å². The molecular weight excluding hydrogens is 291 g/mol. The van der Waals surface area contributed by atoms with Gasteiger partial charge in [0.25, 0.3) is 0 Å². The summed E-state index contributed by atoms with van der Waals surface area (Å²) in [5.74, 6) is -1.64. The number of azide groups is 1. The third kappa shape index (κ3) is 3.30. The minimum atomic E-state index is -4.70. The van der Waals surface area contributed by atoms with E-state index in [4.69, 9.17) is 10.6 Å². The number of benzene rings is 1. The van der Waals surface area contributed by atoms with Gasteiger partial charge in [0, 0.05) is 10.5 Å². The number of rotatable bonds is 4. The van der Waals surface area contributed by atoms with Crippen LogP contribution in [0.1, 0.15) is 17.5 Å². The Kier molecular flexibility index (Phi) is 4.10. The normalized spacial score (nSPS) is 12.8. The number of nitrogens with zero attached hydrogens (tertiary/aromatic N) is 5. The first-order valence-corrected chi connectivity index (χ1v) is 5.62. The van der Waals surface area contributed by atoms with Gasteiger partial charge in [-0.15, -0.1) is 0 Å². The van der Waals surface area contributed by atoms with Gasteiger partial charge in [-0.2, -0.15) is 18.2 Å². The average molecular weight is 299 g/mol. The summed E-state index contributed by atoms with van der Waals surface area (Å²) in [4.78, 5) is 5.84. The molecule has 1 heterocycles. The molecule has 1 N–H and O–H groups in total. The highest BCUT2D eigenvalue weighted by atomic mass is 19.4. The molecule has 0 spiro atoms. The molecule has 7 nitrogen and oxygen atoms in total. The summed E-state index contributed by atoms with van der Waals surface area (Å²) in [6, 6.07) is 5.11. The molecule has 1 aromatic heterocycles. The van der Waals surface area contributed by atoms with Crippen LogP contribution in [0.15, 0.2) is 33.9 Å². The van der Waals surface area contributed by atoms with Crippen LogP contribution < -0.4 is 0 Å². The molecule has 1 aromatic carbocycles. The smallest absolute Gasteiger partial charge is 0.396 e. The van der Waals surface area contributed by atoms with Crippen LogP contribution >= 0.6 is 0 Å². The van der Waals surface area contributed by atoms with Crippen molar-refractivity contribution in [2.45, 2.75) is 12.2 Å². The fraction of sp³-hybridized carbons (Fsp3) is 0.273. The Labute approximate surface area is 115 Å². The molecule has 0 radical (unpaired) electrons. The van der Waals surface area contributed by atoms with Crippen LogP contribution in [-0.4, -0.2) is 21.9 Å². The average Bonchev–Trinajstić information content (AvgIpc) is 2.95. The summed E-state index contributed by atoms with van der Waals surface area (Å²) in [6.45, 7) is -0.385. The second kappa shape index (κ2) is 5.81. The molecule has 2 aromatic rings. The summed E-state index contributed by atoms with van der Waals surface area (Å²) >= 11 is 0. The van der Waals surface area contributed by atoms with Crippen molar-refractivity contribution in [3.63, 3.8) is 0 Å². The number of halogens is 3. The number of hydrogen-bond donors (Lipinski definition) is 1. The zero-order valence-corrected chi connectivity index (χ0v) is 10.3. The van der Waals surface area contributed by atoms with E-state index in [1.54, 1.807) is 0 Å². The number of hydrogen-bond acceptors (Lipinski definition) is 5. The van der Waals surface area contributed by atoms with E-state index in [0.29, 0.717) is 11.1 Å². The first kappa shape index (κ1) is 14.8. The van der Waals surface area contributed by atoms with E-state index in [1.165, 1.54) is 24.3 Å². The van der Waals surface area contributed by atoms with E-state index in [9.17, 15) is 13.2 Å². The quantitative estimate of drug-likeness (QED) is 0.531. The van der Waals surface area contributed by atoms with E-state index in [1.807, 2.05) is 0 Å². The summed E-state index contributed by atoms with van der Waals surface area (Å²) in [5, 5.41) is 15.7. The van der Waals surface area contributed by atoms with Crippen molar-refractivity contribution in [2.24, 2.45) is 5.11 Å². The van der Waals surface area contributed by atoms with Crippen molar-refractivity contribution in [2.75, 3.05) is 6.61 Å². The van der Waals surface area contributed by atoms with Crippen LogP contribution in [0.2, 0.25) is 0 Å². The van der Waals surface area contributed by atoms with Gasteiger partial charge >= 0.3 is 12.1 Å². The van der Waals surface area contributed by atoms with E-state index in [2.05, 4.69) is 24.7 Å². The third-order valence-corrected chi connectivity index (χ3v) is 2.59. The molecule has 21 heavy (non-hydrogen) atoms. The van der Waals surface area contributed by atoms with Gasteiger partial charge < -0.3 is 9.63 Å². The fourth-order valence-corrected chi connectivity index (χ4v) is 1.58. The number of aliphatic hydroxyl groups is 1. The lowest BCUT2D eigenvalue weighted by atomic mass is 10.1. The maximum Gasteiger partial charge on any atom is 0.471 e. The molecule has 0 aliphatic carbocycles. The summed E-state index contributed by atoms with van der Waals surface area (Å²) < 4.78 is 41.2. The first-order valence-electron chi connectivity index (χ1n) is 5.62. The van der Waals surface area contributed by atoms with Gasteiger partial charge in [0.1, 0.15) is 0 Å².